The maximum absolute atomic E-state index is 13.9. The highest BCUT2D eigenvalue weighted by molar-refractivity contribution is 7.91. The zero-order chi connectivity index (χ0) is 15.3. The zero-order valence-electron chi connectivity index (χ0n) is 10.7. The number of carboxylic acid groups (broad SMARTS) is 1. The van der Waals surface area contributed by atoms with Crippen molar-refractivity contribution in [1.29, 1.82) is 0 Å². The van der Waals surface area contributed by atoms with E-state index in [1.165, 1.54) is 7.11 Å². The van der Waals surface area contributed by atoms with Crippen molar-refractivity contribution in [3.8, 4) is 0 Å². The summed E-state index contributed by atoms with van der Waals surface area (Å²) in [6.07, 6.45) is 0.786. The number of ether oxygens (including phenoxy) is 1. The molecule has 5 nitrogen and oxygen atoms in total. The minimum absolute atomic E-state index is 0.140. The predicted octanol–water partition coefficient (Wildman–Crippen LogP) is 2.38. The van der Waals surface area contributed by atoms with Crippen LogP contribution >= 0.6 is 11.6 Å². The molecule has 20 heavy (non-hydrogen) atoms. The lowest BCUT2D eigenvalue weighted by molar-refractivity contribution is 0.0691. The van der Waals surface area contributed by atoms with Crippen LogP contribution in [-0.2, 0) is 14.6 Å². The van der Waals surface area contributed by atoms with Crippen LogP contribution in [0.25, 0.3) is 0 Å². The van der Waals surface area contributed by atoms with Crippen LogP contribution in [0.1, 0.15) is 23.2 Å². The Bertz CT molecular complexity index is 600. The number of carbonyl (C=O) groups is 1. The normalized spacial score (nSPS) is 11.6. The smallest absolute Gasteiger partial charge is 0.338 e. The van der Waals surface area contributed by atoms with Crippen LogP contribution in [0.15, 0.2) is 17.0 Å². The van der Waals surface area contributed by atoms with Crippen molar-refractivity contribution in [2.45, 2.75) is 17.7 Å². The molecule has 1 N–H and O–H groups in total. The molecule has 0 radical (unpaired) electrons. The summed E-state index contributed by atoms with van der Waals surface area (Å²) in [5.41, 5.74) is -0.757. The van der Waals surface area contributed by atoms with Crippen LogP contribution in [0, 0.1) is 5.82 Å². The summed E-state index contributed by atoms with van der Waals surface area (Å²) >= 11 is 5.64. The van der Waals surface area contributed by atoms with Gasteiger partial charge in [0, 0.05) is 18.7 Å². The minimum atomic E-state index is -3.93. The molecule has 0 aliphatic rings. The topological polar surface area (TPSA) is 80.7 Å². The molecule has 0 spiro atoms. The SMILES string of the molecule is COCCCCS(=O)(=O)c1cc(Cl)cc(C(=O)O)c1F. The van der Waals surface area contributed by atoms with Gasteiger partial charge in [0.1, 0.15) is 4.90 Å². The Labute approximate surface area is 121 Å². The summed E-state index contributed by atoms with van der Waals surface area (Å²) in [5, 5.41) is 8.68. The van der Waals surface area contributed by atoms with Crippen molar-refractivity contribution in [3.05, 3.63) is 28.5 Å². The van der Waals surface area contributed by atoms with Gasteiger partial charge in [-0.25, -0.2) is 17.6 Å². The number of sulfone groups is 1. The van der Waals surface area contributed by atoms with Gasteiger partial charge in [0.05, 0.1) is 11.3 Å². The number of benzene rings is 1. The van der Waals surface area contributed by atoms with Crippen LogP contribution in [0.4, 0.5) is 4.39 Å². The fourth-order valence-electron chi connectivity index (χ4n) is 1.59. The Hall–Kier alpha value is -1.18. The van der Waals surface area contributed by atoms with Gasteiger partial charge in [-0.2, -0.15) is 0 Å². The molecule has 0 aliphatic carbocycles. The minimum Gasteiger partial charge on any atom is -0.478 e. The summed E-state index contributed by atoms with van der Waals surface area (Å²) in [7, 11) is -2.44. The zero-order valence-corrected chi connectivity index (χ0v) is 12.3. The number of carboxylic acids is 1. The van der Waals surface area contributed by atoms with Crippen LogP contribution in [0.2, 0.25) is 5.02 Å². The van der Waals surface area contributed by atoms with E-state index in [-0.39, 0.29) is 17.2 Å². The molecule has 0 atom stereocenters. The summed E-state index contributed by atoms with van der Waals surface area (Å²) in [6.45, 7) is 0.397. The Morgan fingerprint density at radius 3 is 2.60 bits per heavy atom. The summed E-state index contributed by atoms with van der Waals surface area (Å²) in [4.78, 5) is 10.2. The molecule has 1 aromatic rings. The predicted molar refractivity (Wildman–Crippen MR) is 71.5 cm³/mol. The summed E-state index contributed by atoms with van der Waals surface area (Å²) in [6, 6.07) is 1.80. The van der Waals surface area contributed by atoms with E-state index in [2.05, 4.69) is 0 Å². The molecule has 0 aliphatic heterocycles. The molecule has 1 aromatic carbocycles. The van der Waals surface area contributed by atoms with Gasteiger partial charge >= 0.3 is 5.97 Å². The van der Waals surface area contributed by atoms with E-state index < -0.39 is 32.1 Å². The highest BCUT2D eigenvalue weighted by Crippen LogP contribution is 2.25. The number of hydrogen-bond acceptors (Lipinski definition) is 4. The van der Waals surface area contributed by atoms with Crippen molar-refractivity contribution in [2.24, 2.45) is 0 Å². The number of halogens is 2. The third-order valence-electron chi connectivity index (χ3n) is 2.58. The number of methoxy groups -OCH3 is 1. The Morgan fingerprint density at radius 1 is 1.40 bits per heavy atom. The average molecular weight is 325 g/mol. The van der Waals surface area contributed by atoms with Crippen molar-refractivity contribution in [3.63, 3.8) is 0 Å². The second-order valence-corrected chi connectivity index (χ2v) is 6.60. The van der Waals surface area contributed by atoms with Crippen LogP contribution in [0.5, 0.6) is 0 Å². The second-order valence-electron chi connectivity index (χ2n) is 4.09. The summed E-state index contributed by atoms with van der Waals surface area (Å²) in [5.74, 6) is -3.15. The van der Waals surface area contributed by atoms with Crippen molar-refractivity contribution >= 4 is 27.4 Å². The molecule has 0 bridgehead atoms. The number of aromatic carboxylic acids is 1. The molecule has 0 unspecified atom stereocenters. The van der Waals surface area contributed by atoms with Gasteiger partial charge in [0.25, 0.3) is 0 Å². The lowest BCUT2D eigenvalue weighted by atomic mass is 10.2. The van der Waals surface area contributed by atoms with Gasteiger partial charge in [-0.3, -0.25) is 0 Å². The van der Waals surface area contributed by atoms with Gasteiger partial charge in [-0.15, -0.1) is 0 Å². The lowest BCUT2D eigenvalue weighted by Gasteiger charge is -2.08. The fourth-order valence-corrected chi connectivity index (χ4v) is 3.37. The Kier molecular flexibility index (Phi) is 5.91. The second kappa shape index (κ2) is 7.01. The number of unbranched alkanes of at least 4 members (excludes halogenated alkanes) is 1. The first-order valence-corrected chi connectivity index (χ1v) is 7.76. The van der Waals surface area contributed by atoms with E-state index in [9.17, 15) is 17.6 Å². The molecular weight excluding hydrogens is 311 g/mol. The molecule has 112 valence electrons. The average Bonchev–Trinajstić information content (AvgIpc) is 2.36. The lowest BCUT2D eigenvalue weighted by Crippen LogP contribution is -2.13. The van der Waals surface area contributed by atoms with E-state index in [0.29, 0.717) is 13.0 Å². The first-order valence-electron chi connectivity index (χ1n) is 5.73. The van der Waals surface area contributed by atoms with E-state index >= 15 is 0 Å². The highest BCUT2D eigenvalue weighted by Gasteiger charge is 2.24. The Balaban J connectivity index is 3.09. The third-order valence-corrected chi connectivity index (χ3v) is 4.59. The van der Waals surface area contributed by atoms with Crippen molar-refractivity contribution in [2.75, 3.05) is 19.5 Å². The third kappa shape index (κ3) is 4.16. The largest absolute Gasteiger partial charge is 0.478 e. The quantitative estimate of drug-likeness (QED) is 0.779. The first kappa shape index (κ1) is 16.9. The molecule has 0 heterocycles. The van der Waals surface area contributed by atoms with E-state index in [4.69, 9.17) is 21.4 Å². The monoisotopic (exact) mass is 324 g/mol. The van der Waals surface area contributed by atoms with E-state index in [1.807, 2.05) is 0 Å². The van der Waals surface area contributed by atoms with Crippen LogP contribution < -0.4 is 0 Å². The molecule has 1 rings (SSSR count). The summed E-state index contributed by atoms with van der Waals surface area (Å²) < 4.78 is 42.7. The van der Waals surface area contributed by atoms with Gasteiger partial charge in [-0.1, -0.05) is 11.6 Å². The molecule has 8 heteroatoms. The van der Waals surface area contributed by atoms with Gasteiger partial charge in [0.15, 0.2) is 15.7 Å². The van der Waals surface area contributed by atoms with Crippen molar-refractivity contribution < 1.29 is 27.4 Å². The van der Waals surface area contributed by atoms with E-state index in [0.717, 1.165) is 12.1 Å². The first-order chi connectivity index (χ1) is 9.29. The molecule has 0 aromatic heterocycles. The van der Waals surface area contributed by atoms with Crippen LogP contribution in [-0.4, -0.2) is 39.0 Å². The van der Waals surface area contributed by atoms with Crippen molar-refractivity contribution in [1.82, 2.24) is 0 Å². The number of rotatable bonds is 7. The van der Waals surface area contributed by atoms with E-state index in [1.54, 1.807) is 0 Å². The Morgan fingerprint density at radius 2 is 2.05 bits per heavy atom. The maximum atomic E-state index is 13.9. The van der Waals surface area contributed by atoms with Gasteiger partial charge in [-0.05, 0) is 25.0 Å². The van der Waals surface area contributed by atoms with Gasteiger partial charge in [0.2, 0.25) is 0 Å². The molecule has 0 saturated heterocycles. The molecule has 0 amide bonds. The number of hydrogen-bond donors (Lipinski definition) is 1. The highest BCUT2D eigenvalue weighted by atomic mass is 35.5. The molecule has 0 fully saturated rings. The maximum Gasteiger partial charge on any atom is 0.338 e. The standard InChI is InChI=1S/C12H14ClFO5S/c1-19-4-2-3-5-20(17,18)10-7-8(13)6-9(11(10)14)12(15)16/h6-7H,2-5H2,1H3,(H,15,16). The fraction of sp³-hybridized carbons (Fsp3) is 0.417. The molecular formula is C12H14ClFO5S. The van der Waals surface area contributed by atoms with Gasteiger partial charge < -0.3 is 9.84 Å². The van der Waals surface area contributed by atoms with Crippen LogP contribution in [0.3, 0.4) is 0 Å². The molecule has 0 saturated carbocycles.